The lowest BCUT2D eigenvalue weighted by molar-refractivity contribution is -0.122. The highest BCUT2D eigenvalue weighted by Gasteiger charge is 2.28. The summed E-state index contributed by atoms with van der Waals surface area (Å²) < 4.78 is 0. The van der Waals surface area contributed by atoms with Crippen molar-refractivity contribution in [2.24, 2.45) is 5.92 Å². The van der Waals surface area contributed by atoms with Crippen molar-refractivity contribution in [3.63, 3.8) is 0 Å². The highest BCUT2D eigenvalue weighted by molar-refractivity contribution is 6.30. The molecule has 4 nitrogen and oxygen atoms in total. The number of hydrogen-bond donors (Lipinski definition) is 2. The summed E-state index contributed by atoms with van der Waals surface area (Å²) in [5.41, 5.74) is 1.03. The van der Waals surface area contributed by atoms with Gasteiger partial charge in [-0.1, -0.05) is 23.7 Å². The van der Waals surface area contributed by atoms with E-state index in [2.05, 4.69) is 5.32 Å². The highest BCUT2D eigenvalue weighted by Crippen LogP contribution is 2.27. The normalized spacial score (nSPS) is 21.6. The van der Waals surface area contributed by atoms with Crippen molar-refractivity contribution < 1.29 is 9.90 Å². The van der Waals surface area contributed by atoms with E-state index in [-0.39, 0.29) is 12.0 Å². The molecule has 1 aliphatic carbocycles. The average molecular weight is 297 g/mol. The molecule has 1 aromatic rings. The number of hydrogen-bond acceptors (Lipinski definition) is 3. The molecule has 5 heteroatoms. The first-order valence-corrected chi connectivity index (χ1v) is 7.28. The van der Waals surface area contributed by atoms with Gasteiger partial charge in [-0.25, -0.2) is 0 Å². The summed E-state index contributed by atoms with van der Waals surface area (Å²) in [5, 5.41) is 12.8. The lowest BCUT2D eigenvalue weighted by Gasteiger charge is -2.34. The predicted octanol–water partition coefficient (Wildman–Crippen LogP) is 1.66. The number of aliphatic hydroxyl groups excluding tert-OH is 1. The zero-order chi connectivity index (χ0) is 14.5. The van der Waals surface area contributed by atoms with Crippen LogP contribution in [0.5, 0.6) is 0 Å². The molecule has 0 heterocycles. The Bertz CT molecular complexity index is 444. The summed E-state index contributed by atoms with van der Waals surface area (Å²) in [4.78, 5) is 13.8. The van der Waals surface area contributed by atoms with Crippen LogP contribution in [0.25, 0.3) is 0 Å². The molecule has 2 N–H and O–H groups in total. The summed E-state index contributed by atoms with van der Waals surface area (Å²) in [7, 11) is 1.94. The van der Waals surface area contributed by atoms with Gasteiger partial charge in [0.2, 0.25) is 5.91 Å². The van der Waals surface area contributed by atoms with Crippen molar-refractivity contribution in [3.05, 3.63) is 34.9 Å². The fraction of sp³-hybridized carbons (Fsp3) is 0.533. The minimum absolute atomic E-state index is 0.0160. The molecule has 1 amide bonds. The van der Waals surface area contributed by atoms with Gasteiger partial charge in [-0.3, -0.25) is 9.69 Å². The van der Waals surface area contributed by atoms with E-state index in [1.165, 1.54) is 0 Å². The van der Waals surface area contributed by atoms with Crippen LogP contribution in [-0.2, 0) is 11.3 Å². The van der Waals surface area contributed by atoms with Crippen LogP contribution in [0.2, 0.25) is 5.02 Å². The summed E-state index contributed by atoms with van der Waals surface area (Å²) in [6, 6.07) is 7.44. The predicted molar refractivity (Wildman–Crippen MR) is 79.5 cm³/mol. The number of nitrogens with one attached hydrogen (secondary N) is 1. The van der Waals surface area contributed by atoms with Crippen LogP contribution in [0.15, 0.2) is 24.3 Å². The third-order valence-corrected chi connectivity index (χ3v) is 3.85. The highest BCUT2D eigenvalue weighted by atomic mass is 35.5. The minimum atomic E-state index is -0.132. The zero-order valence-corrected chi connectivity index (χ0v) is 12.4. The van der Waals surface area contributed by atoms with E-state index < -0.39 is 0 Å². The lowest BCUT2D eigenvalue weighted by Crippen LogP contribution is -2.41. The number of amides is 1. The molecule has 20 heavy (non-hydrogen) atoms. The average Bonchev–Trinajstić information content (AvgIpc) is 2.36. The Balaban J connectivity index is 1.65. The minimum Gasteiger partial charge on any atom is -0.393 e. The molecule has 0 bridgehead atoms. The zero-order valence-electron chi connectivity index (χ0n) is 11.7. The first kappa shape index (κ1) is 15.3. The van der Waals surface area contributed by atoms with Gasteiger partial charge < -0.3 is 10.4 Å². The summed E-state index contributed by atoms with van der Waals surface area (Å²) in [5.74, 6) is 0.543. The number of nitrogens with zero attached hydrogens (tertiary/aromatic N) is 1. The molecule has 0 saturated heterocycles. The molecule has 2 rings (SSSR count). The Hall–Kier alpha value is -1.10. The maximum absolute atomic E-state index is 11.8. The molecule has 1 aliphatic rings. The van der Waals surface area contributed by atoms with Gasteiger partial charge in [-0.05, 0) is 43.5 Å². The summed E-state index contributed by atoms with van der Waals surface area (Å²) >= 11 is 5.81. The maximum Gasteiger partial charge on any atom is 0.234 e. The van der Waals surface area contributed by atoms with Crippen molar-refractivity contribution in [1.29, 1.82) is 0 Å². The Morgan fingerprint density at radius 2 is 2.05 bits per heavy atom. The molecule has 0 radical (unpaired) electrons. The third-order valence-electron chi connectivity index (χ3n) is 3.60. The second kappa shape index (κ2) is 7.07. The second-order valence-corrected chi connectivity index (χ2v) is 6.03. The smallest absolute Gasteiger partial charge is 0.234 e. The number of rotatable bonds is 6. The van der Waals surface area contributed by atoms with E-state index in [9.17, 15) is 9.90 Å². The quantitative estimate of drug-likeness (QED) is 0.839. The van der Waals surface area contributed by atoms with Crippen LogP contribution < -0.4 is 5.32 Å². The van der Waals surface area contributed by atoms with E-state index >= 15 is 0 Å². The Kier molecular flexibility index (Phi) is 5.40. The number of halogens is 1. The monoisotopic (exact) mass is 296 g/mol. The number of carbonyl (C=O) groups is 1. The van der Waals surface area contributed by atoms with Crippen LogP contribution in [-0.4, -0.2) is 42.2 Å². The maximum atomic E-state index is 11.8. The van der Waals surface area contributed by atoms with E-state index in [0.717, 1.165) is 24.9 Å². The van der Waals surface area contributed by atoms with E-state index in [1.807, 2.05) is 36.2 Å². The van der Waals surface area contributed by atoms with Gasteiger partial charge >= 0.3 is 0 Å². The van der Waals surface area contributed by atoms with Gasteiger partial charge in [0.1, 0.15) is 0 Å². The number of benzene rings is 1. The molecule has 110 valence electrons. The molecule has 1 saturated carbocycles. The fourth-order valence-electron chi connectivity index (χ4n) is 2.46. The number of aliphatic hydroxyl groups is 1. The first-order valence-electron chi connectivity index (χ1n) is 6.90. The van der Waals surface area contributed by atoms with Crippen molar-refractivity contribution in [1.82, 2.24) is 10.2 Å². The lowest BCUT2D eigenvalue weighted by atomic mass is 9.82. The molecular weight excluding hydrogens is 276 g/mol. The molecule has 0 unspecified atom stereocenters. The van der Waals surface area contributed by atoms with Crippen LogP contribution in [0.3, 0.4) is 0 Å². The molecular formula is C15H21ClN2O2. The summed E-state index contributed by atoms with van der Waals surface area (Å²) in [6.07, 6.45) is 1.58. The molecule has 1 aromatic carbocycles. The molecule has 0 aromatic heterocycles. The molecule has 0 aliphatic heterocycles. The van der Waals surface area contributed by atoms with Crippen LogP contribution >= 0.6 is 11.6 Å². The second-order valence-electron chi connectivity index (χ2n) is 5.59. The molecule has 0 atom stereocenters. The Morgan fingerprint density at radius 3 is 2.65 bits per heavy atom. The fourth-order valence-corrected chi connectivity index (χ4v) is 2.58. The van der Waals surface area contributed by atoms with E-state index in [4.69, 9.17) is 11.6 Å². The standard InChI is InChI=1S/C15H21ClN2O2/c1-18(9-12-6-14(19)7-12)10-15(20)17-8-11-2-4-13(16)5-3-11/h2-5,12,14,19H,6-10H2,1H3,(H,17,20). The van der Waals surface area contributed by atoms with Gasteiger partial charge in [0.05, 0.1) is 12.6 Å². The van der Waals surface area contributed by atoms with Gasteiger partial charge in [-0.2, -0.15) is 0 Å². The van der Waals surface area contributed by atoms with E-state index in [0.29, 0.717) is 24.0 Å². The largest absolute Gasteiger partial charge is 0.393 e. The van der Waals surface area contributed by atoms with Gasteiger partial charge in [0.15, 0.2) is 0 Å². The number of carbonyl (C=O) groups excluding carboxylic acids is 1. The van der Waals surface area contributed by atoms with Crippen molar-refractivity contribution in [2.45, 2.75) is 25.5 Å². The SMILES string of the molecule is CN(CC(=O)NCc1ccc(Cl)cc1)CC1CC(O)C1. The van der Waals surface area contributed by atoms with Gasteiger partial charge in [-0.15, -0.1) is 0 Å². The first-order chi connectivity index (χ1) is 9.52. The van der Waals surface area contributed by atoms with Crippen LogP contribution in [0.1, 0.15) is 18.4 Å². The Labute approximate surface area is 124 Å². The van der Waals surface area contributed by atoms with Crippen LogP contribution in [0, 0.1) is 5.92 Å². The molecule has 0 spiro atoms. The van der Waals surface area contributed by atoms with Crippen molar-refractivity contribution in [2.75, 3.05) is 20.1 Å². The van der Waals surface area contributed by atoms with Gasteiger partial charge in [0, 0.05) is 18.1 Å². The number of likely N-dealkylation sites (N-methyl/N-ethyl adjacent to an activating group) is 1. The van der Waals surface area contributed by atoms with Crippen molar-refractivity contribution in [3.8, 4) is 0 Å². The third kappa shape index (κ3) is 4.78. The summed E-state index contributed by atoms with van der Waals surface area (Å²) in [6.45, 7) is 1.78. The molecule has 1 fully saturated rings. The van der Waals surface area contributed by atoms with Crippen LogP contribution in [0.4, 0.5) is 0 Å². The van der Waals surface area contributed by atoms with Crippen molar-refractivity contribution >= 4 is 17.5 Å². The topological polar surface area (TPSA) is 52.6 Å². The van der Waals surface area contributed by atoms with E-state index in [1.54, 1.807) is 0 Å². The Morgan fingerprint density at radius 1 is 1.40 bits per heavy atom. The van der Waals surface area contributed by atoms with Gasteiger partial charge in [0.25, 0.3) is 0 Å².